The number of imide groups is 2. The minimum atomic E-state index is -1.80. The lowest BCUT2D eigenvalue weighted by Gasteiger charge is -2.50. The van der Waals surface area contributed by atoms with Crippen LogP contribution < -0.4 is 15.8 Å². The van der Waals surface area contributed by atoms with Gasteiger partial charge in [-0.2, -0.15) is 5.01 Å². The van der Waals surface area contributed by atoms with Crippen LogP contribution in [0.3, 0.4) is 0 Å². The van der Waals surface area contributed by atoms with Crippen LogP contribution in [-0.2, 0) is 24.6 Å². The van der Waals surface area contributed by atoms with Crippen molar-refractivity contribution in [3.05, 3.63) is 130 Å². The van der Waals surface area contributed by atoms with Crippen molar-refractivity contribution in [1.82, 2.24) is 5.01 Å². The van der Waals surface area contributed by atoms with E-state index in [-0.39, 0.29) is 29.7 Å². The zero-order chi connectivity index (χ0) is 35.8. The standard InChI is InChI=1S/C39H33BClN3O7/c1-21-10-13-25(14-11-21)42-44-36(47)31-20-29-27(15-16-28-33(29)37(48)43(35(28)46)26-9-5-8-23(18-26)40(50)51)34(30-19-24(41)12-17-32(30)45)39(31,38(44)49)22-6-3-2-4-7-22/h2-15,17-19,28-29,31,33-34,42,45,50-51H,16,20H2,1H3/t28-,29+,31-,33-,34+,39+/m0/s1. The van der Waals surface area contributed by atoms with Gasteiger partial charge in [-0.3, -0.25) is 29.5 Å². The van der Waals surface area contributed by atoms with Crippen molar-refractivity contribution in [2.24, 2.45) is 23.7 Å². The van der Waals surface area contributed by atoms with Crippen LogP contribution in [0.5, 0.6) is 5.75 Å². The summed E-state index contributed by atoms with van der Waals surface area (Å²) in [6, 6.07) is 26.9. The topological polar surface area (TPSA) is 147 Å². The molecule has 4 aromatic carbocycles. The summed E-state index contributed by atoms with van der Waals surface area (Å²) in [6.45, 7) is 1.93. The van der Waals surface area contributed by atoms with E-state index in [1.54, 1.807) is 48.5 Å². The molecule has 0 unspecified atom stereocenters. The number of hydrogen-bond donors (Lipinski definition) is 4. The van der Waals surface area contributed by atoms with Crippen molar-refractivity contribution in [2.45, 2.75) is 31.1 Å². The Morgan fingerprint density at radius 1 is 0.843 bits per heavy atom. The minimum absolute atomic E-state index is 0.0820. The van der Waals surface area contributed by atoms with Gasteiger partial charge in [-0.15, -0.1) is 0 Å². The first-order valence-electron chi connectivity index (χ1n) is 16.8. The lowest BCUT2D eigenvalue weighted by Crippen LogP contribution is -2.53. The predicted molar refractivity (Wildman–Crippen MR) is 191 cm³/mol. The summed E-state index contributed by atoms with van der Waals surface area (Å²) >= 11 is 6.57. The molecule has 0 spiro atoms. The Balaban J connectivity index is 1.31. The summed E-state index contributed by atoms with van der Waals surface area (Å²) in [5.41, 5.74) is 4.96. The van der Waals surface area contributed by atoms with Crippen LogP contribution in [0.1, 0.15) is 35.4 Å². The third-order valence-electron chi connectivity index (χ3n) is 11.1. The number of fused-ring (bicyclic) bond motifs is 4. The molecule has 2 aliphatic heterocycles. The number of anilines is 2. The second-order valence-corrected chi connectivity index (χ2v) is 14.2. The second kappa shape index (κ2) is 12.2. The fourth-order valence-corrected chi connectivity index (χ4v) is 9.11. The molecule has 256 valence electrons. The van der Waals surface area contributed by atoms with E-state index in [0.717, 1.165) is 15.5 Å². The van der Waals surface area contributed by atoms with E-state index in [2.05, 4.69) is 5.43 Å². The highest BCUT2D eigenvalue weighted by atomic mass is 35.5. The van der Waals surface area contributed by atoms with Crippen molar-refractivity contribution >= 4 is 59.2 Å². The Bertz CT molecular complexity index is 2140. The van der Waals surface area contributed by atoms with Gasteiger partial charge in [-0.25, -0.2) is 0 Å². The van der Waals surface area contributed by atoms with Gasteiger partial charge in [-0.05, 0) is 79.2 Å². The number of nitrogens with zero attached hydrogens (tertiary/aromatic N) is 2. The number of nitrogens with one attached hydrogen (secondary N) is 1. The summed E-state index contributed by atoms with van der Waals surface area (Å²) in [6.07, 6.45) is 2.16. The number of allylic oxidation sites excluding steroid dienone is 2. The van der Waals surface area contributed by atoms with Gasteiger partial charge in [0.25, 0.3) is 11.8 Å². The molecule has 0 bridgehead atoms. The first kappa shape index (κ1) is 32.9. The van der Waals surface area contributed by atoms with Gasteiger partial charge >= 0.3 is 7.12 Å². The van der Waals surface area contributed by atoms with Gasteiger partial charge in [0.1, 0.15) is 5.75 Å². The molecule has 0 aromatic heterocycles. The van der Waals surface area contributed by atoms with Crippen LogP contribution in [0.2, 0.25) is 5.02 Å². The number of carbonyl (C=O) groups excluding carboxylic acids is 4. The molecule has 10 nitrogen and oxygen atoms in total. The maximum absolute atomic E-state index is 15.2. The van der Waals surface area contributed by atoms with E-state index in [4.69, 9.17) is 11.6 Å². The monoisotopic (exact) mass is 701 g/mol. The van der Waals surface area contributed by atoms with Gasteiger partial charge in [0.05, 0.1) is 34.5 Å². The molecule has 4 amide bonds. The minimum Gasteiger partial charge on any atom is -0.508 e. The largest absolute Gasteiger partial charge is 0.508 e. The molecule has 2 aliphatic carbocycles. The third-order valence-corrected chi connectivity index (χ3v) is 11.4. The highest BCUT2D eigenvalue weighted by molar-refractivity contribution is 6.58. The third kappa shape index (κ3) is 4.94. The number of aromatic hydroxyl groups is 1. The normalized spacial score (nSPS) is 26.8. The maximum Gasteiger partial charge on any atom is 0.488 e. The van der Waals surface area contributed by atoms with E-state index >= 15 is 4.79 Å². The number of amides is 4. The predicted octanol–water partition coefficient (Wildman–Crippen LogP) is 4.22. The first-order valence-corrected chi connectivity index (χ1v) is 17.2. The Morgan fingerprint density at radius 3 is 2.31 bits per heavy atom. The Kier molecular flexibility index (Phi) is 7.90. The van der Waals surface area contributed by atoms with Gasteiger partial charge in [0.2, 0.25) is 11.8 Å². The van der Waals surface area contributed by atoms with Crippen molar-refractivity contribution < 1.29 is 34.3 Å². The van der Waals surface area contributed by atoms with Crippen molar-refractivity contribution in [2.75, 3.05) is 10.3 Å². The number of rotatable bonds is 6. The number of phenols is 1. The Morgan fingerprint density at radius 2 is 1.59 bits per heavy atom. The Hall–Kier alpha value is -5.23. The molecule has 4 aromatic rings. The molecule has 12 heteroatoms. The number of hydrogen-bond acceptors (Lipinski definition) is 8. The van der Waals surface area contributed by atoms with E-state index in [0.29, 0.717) is 27.4 Å². The molecular formula is C39H33BClN3O7. The lowest BCUT2D eigenvalue weighted by molar-refractivity contribution is -0.138. The fourth-order valence-electron chi connectivity index (χ4n) is 8.93. The highest BCUT2D eigenvalue weighted by Crippen LogP contribution is 2.65. The van der Waals surface area contributed by atoms with Crippen molar-refractivity contribution in [3.63, 3.8) is 0 Å². The van der Waals surface area contributed by atoms with Gasteiger partial charge in [0.15, 0.2) is 0 Å². The summed E-state index contributed by atoms with van der Waals surface area (Å²) in [7, 11) is -1.80. The maximum atomic E-state index is 15.2. The lowest BCUT2D eigenvalue weighted by atomic mass is 9.49. The van der Waals surface area contributed by atoms with Crippen molar-refractivity contribution in [1.29, 1.82) is 0 Å². The van der Waals surface area contributed by atoms with Crippen LogP contribution in [0.25, 0.3) is 0 Å². The van der Waals surface area contributed by atoms with Crippen LogP contribution >= 0.6 is 11.6 Å². The molecule has 0 radical (unpaired) electrons. The number of hydrazine groups is 1. The van der Waals surface area contributed by atoms with Gasteiger partial charge < -0.3 is 15.2 Å². The molecule has 4 aliphatic rings. The molecule has 2 saturated heterocycles. The summed E-state index contributed by atoms with van der Waals surface area (Å²) in [4.78, 5) is 59.5. The molecule has 2 heterocycles. The quantitative estimate of drug-likeness (QED) is 0.133. The number of halogens is 1. The fraction of sp³-hybridized carbons (Fsp3) is 0.231. The molecule has 6 atom stereocenters. The van der Waals surface area contributed by atoms with Crippen LogP contribution in [-0.4, -0.2) is 50.9 Å². The molecule has 8 rings (SSSR count). The second-order valence-electron chi connectivity index (χ2n) is 13.8. The number of benzene rings is 4. The summed E-state index contributed by atoms with van der Waals surface area (Å²) in [5.74, 6) is -6.24. The van der Waals surface area contributed by atoms with E-state index < -0.39 is 65.8 Å². The van der Waals surface area contributed by atoms with E-state index in [1.807, 2.05) is 43.3 Å². The first-order chi connectivity index (χ1) is 24.5. The number of phenolic OH excluding ortho intramolecular Hbond substituents is 1. The smallest absolute Gasteiger partial charge is 0.488 e. The highest BCUT2D eigenvalue weighted by Gasteiger charge is 2.70. The van der Waals surface area contributed by atoms with Gasteiger partial charge in [0, 0.05) is 16.5 Å². The molecule has 51 heavy (non-hydrogen) atoms. The van der Waals surface area contributed by atoms with Crippen LogP contribution in [0.4, 0.5) is 11.4 Å². The molecule has 1 saturated carbocycles. The molecular weight excluding hydrogens is 669 g/mol. The molecule has 4 N–H and O–H groups in total. The molecule has 3 fully saturated rings. The summed E-state index contributed by atoms with van der Waals surface area (Å²) < 4.78 is 0. The Labute approximate surface area is 299 Å². The van der Waals surface area contributed by atoms with Crippen LogP contribution in [0.15, 0.2) is 109 Å². The van der Waals surface area contributed by atoms with E-state index in [9.17, 15) is 29.5 Å². The summed E-state index contributed by atoms with van der Waals surface area (Å²) in [5, 5.41) is 32.5. The average molecular weight is 702 g/mol. The number of carbonyl (C=O) groups is 4. The zero-order valence-electron chi connectivity index (χ0n) is 27.4. The van der Waals surface area contributed by atoms with Crippen LogP contribution in [0, 0.1) is 30.6 Å². The average Bonchev–Trinajstić information content (AvgIpc) is 3.51. The zero-order valence-corrected chi connectivity index (χ0v) is 28.2. The van der Waals surface area contributed by atoms with E-state index in [1.165, 1.54) is 18.2 Å². The van der Waals surface area contributed by atoms with Crippen molar-refractivity contribution in [3.8, 4) is 5.75 Å². The van der Waals surface area contributed by atoms with Gasteiger partial charge in [-0.1, -0.05) is 83.4 Å². The number of aryl methyl sites for hydroxylation is 1. The SMILES string of the molecule is Cc1ccc(NN2C(=O)[C@@H]3C[C@@H]4C(=CC[C@@H]5C(=O)N(c6cccc(B(O)O)c6)C(=O)[C@@H]54)[C@H](c4cc(Cl)ccc4O)[C@]3(c3ccccc3)C2=O)cc1.